The van der Waals surface area contributed by atoms with E-state index < -0.39 is 23.0 Å². The third-order valence-electron chi connectivity index (χ3n) is 4.59. The molecule has 0 saturated carbocycles. The van der Waals surface area contributed by atoms with Crippen LogP contribution in [-0.4, -0.2) is 73.0 Å². The second-order valence-corrected chi connectivity index (χ2v) is 8.25. The Morgan fingerprint density at radius 2 is 1.79 bits per heavy atom. The number of rotatable bonds is 4. The summed E-state index contributed by atoms with van der Waals surface area (Å²) < 4.78 is 44.4. The zero-order chi connectivity index (χ0) is 21.2. The molecule has 1 aromatic rings. The van der Waals surface area contributed by atoms with Crippen molar-refractivity contribution < 1.29 is 27.8 Å². The molecule has 1 amide bonds. The lowest BCUT2D eigenvalue weighted by molar-refractivity contribution is -0.137. The van der Waals surface area contributed by atoms with Gasteiger partial charge in [0.05, 0.1) is 36.9 Å². The van der Waals surface area contributed by atoms with Gasteiger partial charge in [0.25, 0.3) is 0 Å². The molecule has 2 atom stereocenters. The number of ether oxygens (including phenoxy) is 3. The van der Waals surface area contributed by atoms with Crippen molar-refractivity contribution in [1.29, 1.82) is 5.26 Å². The molecule has 2 bridgehead atoms. The minimum absolute atomic E-state index is 0.0922. The molecule has 0 radical (unpaired) electrons. The van der Waals surface area contributed by atoms with Gasteiger partial charge in [-0.15, -0.1) is 0 Å². The van der Waals surface area contributed by atoms with Gasteiger partial charge < -0.3 is 19.1 Å². The molecule has 2 saturated heterocycles. The Labute approximate surface area is 168 Å². The van der Waals surface area contributed by atoms with E-state index in [-0.39, 0.29) is 30.5 Å². The number of hydrogen-bond acceptors (Lipinski definition) is 6. The Morgan fingerprint density at radius 1 is 1.21 bits per heavy atom. The summed E-state index contributed by atoms with van der Waals surface area (Å²) in [5, 5.41) is 8.74. The van der Waals surface area contributed by atoms with Crippen LogP contribution in [0, 0.1) is 23.0 Å². The number of carbonyl (C=O) groups is 1. The highest BCUT2D eigenvalue weighted by atomic mass is 19.1. The molecule has 9 heteroatoms. The van der Waals surface area contributed by atoms with Crippen molar-refractivity contribution in [2.45, 2.75) is 38.6 Å². The molecular formula is C20H25F2N3O4. The standard InChI is InChI=1S/C20H25F2N3O4/c1-20(2,3)29-19(26)25-11-14-9-24(10-15(12-25)28-14)4-5-27-18-16(21)6-13(8-23)7-17(18)22/h6-7,14-15H,4-5,9-12H2,1-3H3. The molecule has 2 heterocycles. The topological polar surface area (TPSA) is 75.0 Å². The van der Waals surface area contributed by atoms with Gasteiger partial charge in [-0.1, -0.05) is 0 Å². The Hall–Kier alpha value is -2.44. The van der Waals surface area contributed by atoms with Crippen LogP contribution >= 0.6 is 0 Å². The molecule has 2 aliphatic heterocycles. The first kappa shape index (κ1) is 21.3. The summed E-state index contributed by atoms with van der Waals surface area (Å²) in [7, 11) is 0. The van der Waals surface area contributed by atoms with E-state index >= 15 is 0 Å². The first-order valence-corrected chi connectivity index (χ1v) is 9.52. The summed E-state index contributed by atoms with van der Waals surface area (Å²) in [5.74, 6) is -2.27. The summed E-state index contributed by atoms with van der Waals surface area (Å²) >= 11 is 0. The predicted octanol–water partition coefficient (Wildman–Crippen LogP) is 2.54. The smallest absolute Gasteiger partial charge is 0.410 e. The number of nitriles is 1. The first-order valence-electron chi connectivity index (χ1n) is 9.52. The number of fused-ring (bicyclic) bond motifs is 2. The van der Waals surface area contributed by atoms with Crippen LogP contribution in [0.2, 0.25) is 0 Å². The van der Waals surface area contributed by atoms with Crippen LogP contribution in [0.15, 0.2) is 12.1 Å². The molecule has 3 rings (SSSR count). The van der Waals surface area contributed by atoms with E-state index in [4.69, 9.17) is 19.5 Å². The third kappa shape index (κ3) is 5.55. The normalized spacial score (nSPS) is 22.1. The molecule has 0 N–H and O–H groups in total. The van der Waals surface area contributed by atoms with Crippen molar-refractivity contribution in [2.75, 3.05) is 39.3 Å². The van der Waals surface area contributed by atoms with E-state index in [0.717, 1.165) is 12.1 Å². The number of hydrogen-bond donors (Lipinski definition) is 0. The van der Waals surface area contributed by atoms with Crippen molar-refractivity contribution in [1.82, 2.24) is 9.80 Å². The fraction of sp³-hybridized carbons (Fsp3) is 0.600. The van der Waals surface area contributed by atoms with Crippen molar-refractivity contribution in [3.63, 3.8) is 0 Å². The van der Waals surface area contributed by atoms with E-state index in [1.165, 1.54) is 0 Å². The quantitative estimate of drug-likeness (QED) is 0.761. The zero-order valence-corrected chi connectivity index (χ0v) is 16.8. The van der Waals surface area contributed by atoms with E-state index in [1.807, 2.05) is 20.8 Å². The van der Waals surface area contributed by atoms with Crippen LogP contribution in [0.5, 0.6) is 5.75 Å². The molecule has 1 aromatic carbocycles. The van der Waals surface area contributed by atoms with Gasteiger partial charge in [-0.2, -0.15) is 5.26 Å². The highest BCUT2D eigenvalue weighted by molar-refractivity contribution is 5.68. The van der Waals surface area contributed by atoms with Gasteiger partial charge in [0.2, 0.25) is 0 Å². The van der Waals surface area contributed by atoms with Gasteiger partial charge >= 0.3 is 6.09 Å². The maximum absolute atomic E-state index is 13.9. The fourth-order valence-electron chi connectivity index (χ4n) is 3.47. The van der Waals surface area contributed by atoms with Gasteiger partial charge in [0, 0.05) is 19.6 Å². The summed E-state index contributed by atoms with van der Waals surface area (Å²) in [4.78, 5) is 16.0. The highest BCUT2D eigenvalue weighted by Crippen LogP contribution is 2.24. The van der Waals surface area contributed by atoms with Gasteiger partial charge in [-0.25, -0.2) is 13.6 Å². The number of nitrogens with zero attached hydrogens (tertiary/aromatic N) is 3. The minimum Gasteiger partial charge on any atom is -0.486 e. The molecule has 29 heavy (non-hydrogen) atoms. The van der Waals surface area contributed by atoms with Crippen molar-refractivity contribution >= 4 is 6.09 Å². The summed E-state index contributed by atoms with van der Waals surface area (Å²) in [5.41, 5.74) is -0.646. The van der Waals surface area contributed by atoms with Crippen molar-refractivity contribution in [3.05, 3.63) is 29.3 Å². The molecule has 7 nitrogen and oxygen atoms in total. The predicted molar refractivity (Wildman–Crippen MR) is 99.5 cm³/mol. The zero-order valence-electron chi connectivity index (χ0n) is 16.8. The SMILES string of the molecule is CC(C)(C)OC(=O)N1CC2CN(CCOc3c(F)cc(C#N)cc3F)CC(C1)O2. The van der Waals surface area contributed by atoms with Gasteiger partial charge in [-0.3, -0.25) is 4.90 Å². The fourth-order valence-corrected chi connectivity index (χ4v) is 3.47. The van der Waals surface area contributed by atoms with Crippen molar-refractivity contribution in [2.24, 2.45) is 0 Å². The van der Waals surface area contributed by atoms with E-state index in [0.29, 0.717) is 32.7 Å². The maximum Gasteiger partial charge on any atom is 0.410 e. The van der Waals surface area contributed by atoms with Crippen LogP contribution in [0.3, 0.4) is 0 Å². The Morgan fingerprint density at radius 3 is 2.31 bits per heavy atom. The lowest BCUT2D eigenvalue weighted by Crippen LogP contribution is -2.61. The summed E-state index contributed by atoms with van der Waals surface area (Å²) in [6.07, 6.45) is -0.656. The van der Waals surface area contributed by atoms with E-state index in [2.05, 4.69) is 4.90 Å². The van der Waals surface area contributed by atoms with E-state index in [1.54, 1.807) is 11.0 Å². The third-order valence-corrected chi connectivity index (χ3v) is 4.59. The van der Waals surface area contributed by atoms with Crippen LogP contribution in [0.1, 0.15) is 26.3 Å². The second kappa shape index (κ2) is 8.51. The van der Waals surface area contributed by atoms with Crippen LogP contribution in [0.25, 0.3) is 0 Å². The second-order valence-electron chi connectivity index (χ2n) is 8.25. The lowest BCUT2D eigenvalue weighted by Gasteiger charge is -2.45. The van der Waals surface area contributed by atoms with Gasteiger partial charge in [0.1, 0.15) is 12.2 Å². The van der Waals surface area contributed by atoms with Crippen LogP contribution in [-0.2, 0) is 9.47 Å². The number of carbonyl (C=O) groups excluding carboxylic acids is 1. The largest absolute Gasteiger partial charge is 0.486 e. The van der Waals surface area contributed by atoms with Gasteiger partial charge in [-0.05, 0) is 32.9 Å². The Balaban J connectivity index is 1.50. The monoisotopic (exact) mass is 409 g/mol. The van der Waals surface area contributed by atoms with Crippen LogP contribution < -0.4 is 4.74 Å². The minimum atomic E-state index is -0.895. The molecule has 158 valence electrons. The Bertz CT molecular complexity index is 769. The molecule has 0 spiro atoms. The average Bonchev–Trinajstić information content (AvgIpc) is 2.61. The summed E-state index contributed by atoms with van der Waals surface area (Å²) in [6.45, 7) is 8.06. The highest BCUT2D eigenvalue weighted by Gasteiger charge is 2.38. The van der Waals surface area contributed by atoms with Crippen molar-refractivity contribution in [3.8, 4) is 11.8 Å². The molecule has 2 aliphatic rings. The molecule has 2 fully saturated rings. The maximum atomic E-state index is 13.9. The molecule has 2 unspecified atom stereocenters. The summed E-state index contributed by atoms with van der Waals surface area (Å²) in [6, 6.07) is 3.59. The lowest BCUT2D eigenvalue weighted by atomic mass is 10.1. The number of benzene rings is 1. The van der Waals surface area contributed by atoms with Crippen LogP contribution in [0.4, 0.5) is 13.6 Å². The molecule has 0 aliphatic carbocycles. The molecular weight excluding hydrogens is 384 g/mol. The average molecular weight is 409 g/mol. The van der Waals surface area contributed by atoms with E-state index in [9.17, 15) is 13.6 Å². The first-order chi connectivity index (χ1) is 13.6. The van der Waals surface area contributed by atoms with Gasteiger partial charge in [0.15, 0.2) is 17.4 Å². The number of amides is 1. The number of morpholine rings is 2. The number of halogens is 2. The molecule has 0 aromatic heterocycles. The Kier molecular flexibility index (Phi) is 6.24.